The lowest BCUT2D eigenvalue weighted by molar-refractivity contribution is -0.134. The van der Waals surface area contributed by atoms with Gasteiger partial charge >= 0.3 is 0 Å². The van der Waals surface area contributed by atoms with Crippen LogP contribution < -0.4 is 5.32 Å². The summed E-state index contributed by atoms with van der Waals surface area (Å²) in [4.78, 5) is 14.6. The Morgan fingerprint density at radius 2 is 1.85 bits per heavy atom. The second kappa shape index (κ2) is 8.06. The van der Waals surface area contributed by atoms with Crippen LogP contribution in [0.3, 0.4) is 0 Å². The Hall–Kier alpha value is -1.44. The van der Waals surface area contributed by atoms with E-state index in [2.05, 4.69) is 19.2 Å². The Bertz CT molecular complexity index is 719. The molecule has 6 nitrogen and oxygen atoms in total. The average Bonchev–Trinajstić information content (AvgIpc) is 3.21. The molecule has 0 spiro atoms. The van der Waals surface area contributed by atoms with Crippen molar-refractivity contribution in [1.82, 2.24) is 14.5 Å². The highest BCUT2D eigenvalue weighted by molar-refractivity contribution is 7.89. The van der Waals surface area contributed by atoms with Gasteiger partial charge in [0.15, 0.2) is 0 Å². The Labute approximate surface area is 156 Å². The van der Waals surface area contributed by atoms with Crippen LogP contribution in [0.15, 0.2) is 29.2 Å². The molecule has 1 amide bonds. The molecule has 1 aromatic carbocycles. The molecule has 2 unspecified atom stereocenters. The summed E-state index contributed by atoms with van der Waals surface area (Å²) in [7, 11) is -3.50. The summed E-state index contributed by atoms with van der Waals surface area (Å²) in [6.45, 7) is 6.78. The lowest BCUT2D eigenvalue weighted by Crippen LogP contribution is -2.54. The number of carbonyl (C=O) groups is 1. The van der Waals surface area contributed by atoms with Crippen LogP contribution in [0.2, 0.25) is 0 Å². The van der Waals surface area contributed by atoms with Crippen LogP contribution >= 0.6 is 0 Å². The number of carbonyl (C=O) groups excluding carboxylic acids is 1. The maximum Gasteiger partial charge on any atom is 0.243 e. The minimum atomic E-state index is -3.50. The van der Waals surface area contributed by atoms with Gasteiger partial charge in [0.1, 0.15) is 0 Å². The lowest BCUT2D eigenvalue weighted by atomic mass is 9.99. The van der Waals surface area contributed by atoms with Gasteiger partial charge in [-0.2, -0.15) is 4.31 Å². The van der Waals surface area contributed by atoms with Crippen LogP contribution in [-0.4, -0.2) is 62.3 Å². The Balaban J connectivity index is 1.63. The van der Waals surface area contributed by atoms with E-state index in [1.807, 2.05) is 12.1 Å². The van der Waals surface area contributed by atoms with Crippen molar-refractivity contribution in [2.75, 3.05) is 32.7 Å². The van der Waals surface area contributed by atoms with Crippen molar-refractivity contribution in [3.8, 4) is 0 Å². The van der Waals surface area contributed by atoms with Gasteiger partial charge in [-0.15, -0.1) is 0 Å². The number of rotatable bonds is 5. The summed E-state index contributed by atoms with van der Waals surface area (Å²) in [6, 6.07) is 7.14. The van der Waals surface area contributed by atoms with E-state index in [4.69, 9.17) is 0 Å². The van der Waals surface area contributed by atoms with Crippen molar-refractivity contribution in [1.29, 1.82) is 0 Å². The highest BCUT2D eigenvalue weighted by Gasteiger charge is 2.33. The lowest BCUT2D eigenvalue weighted by Gasteiger charge is -2.35. The third kappa shape index (κ3) is 3.94. The number of hydrogen-bond acceptors (Lipinski definition) is 4. The molecule has 0 saturated carbocycles. The largest absolute Gasteiger partial charge is 0.339 e. The summed E-state index contributed by atoms with van der Waals surface area (Å²) in [5, 5.41) is 3.22. The predicted octanol–water partition coefficient (Wildman–Crippen LogP) is 1.79. The van der Waals surface area contributed by atoms with E-state index in [0.717, 1.165) is 31.4 Å². The molecule has 3 rings (SSSR count). The van der Waals surface area contributed by atoms with Crippen LogP contribution in [0.4, 0.5) is 0 Å². The molecule has 7 heteroatoms. The molecule has 144 valence electrons. The number of sulfonamides is 1. The molecular formula is C19H29N3O3S. The average molecular weight is 380 g/mol. The molecule has 2 fully saturated rings. The first-order valence-corrected chi connectivity index (χ1v) is 11.0. The quantitative estimate of drug-likeness (QED) is 0.847. The molecule has 0 aromatic heterocycles. The van der Waals surface area contributed by atoms with E-state index in [1.54, 1.807) is 17.0 Å². The van der Waals surface area contributed by atoms with E-state index in [0.29, 0.717) is 37.0 Å². The van der Waals surface area contributed by atoms with Crippen molar-refractivity contribution < 1.29 is 13.2 Å². The third-order valence-electron chi connectivity index (χ3n) is 5.61. The molecule has 2 saturated heterocycles. The Kier molecular flexibility index (Phi) is 5.99. The molecule has 2 aliphatic rings. The number of nitrogens with one attached hydrogen (secondary N) is 1. The standard InChI is InChI=1S/C19H29N3O3S/c1-3-15(2)16-6-8-17(9-7-16)26(24,25)22-13-11-21(12-14-22)19(23)18-5-4-10-20-18/h6-9,15,18,20H,3-5,10-14H2,1-2H3. The first-order valence-electron chi connectivity index (χ1n) is 9.55. The number of benzene rings is 1. The van der Waals surface area contributed by atoms with Crippen LogP contribution in [0.5, 0.6) is 0 Å². The summed E-state index contributed by atoms with van der Waals surface area (Å²) >= 11 is 0. The second-order valence-electron chi connectivity index (χ2n) is 7.26. The van der Waals surface area contributed by atoms with Crippen molar-refractivity contribution in [3.05, 3.63) is 29.8 Å². The van der Waals surface area contributed by atoms with Crippen molar-refractivity contribution >= 4 is 15.9 Å². The van der Waals surface area contributed by atoms with Crippen LogP contribution in [0.25, 0.3) is 0 Å². The highest BCUT2D eigenvalue weighted by Crippen LogP contribution is 2.23. The number of amides is 1. The summed E-state index contributed by atoms with van der Waals surface area (Å²) < 4.78 is 27.3. The molecule has 2 atom stereocenters. The minimum Gasteiger partial charge on any atom is -0.339 e. The maximum atomic E-state index is 12.9. The second-order valence-corrected chi connectivity index (χ2v) is 9.19. The molecule has 1 N–H and O–H groups in total. The number of hydrogen-bond donors (Lipinski definition) is 1. The van der Waals surface area contributed by atoms with Crippen LogP contribution in [-0.2, 0) is 14.8 Å². The molecule has 0 bridgehead atoms. The summed E-state index contributed by atoms with van der Waals surface area (Å²) in [6.07, 6.45) is 2.93. The Morgan fingerprint density at radius 3 is 2.38 bits per heavy atom. The number of nitrogens with zero attached hydrogens (tertiary/aromatic N) is 2. The monoisotopic (exact) mass is 379 g/mol. The molecular weight excluding hydrogens is 350 g/mol. The van der Waals surface area contributed by atoms with E-state index in [-0.39, 0.29) is 11.9 Å². The molecule has 2 aliphatic heterocycles. The van der Waals surface area contributed by atoms with Gasteiger partial charge in [0.25, 0.3) is 0 Å². The molecule has 0 radical (unpaired) electrons. The van der Waals surface area contributed by atoms with Gasteiger partial charge < -0.3 is 10.2 Å². The van der Waals surface area contributed by atoms with E-state index in [9.17, 15) is 13.2 Å². The zero-order chi connectivity index (χ0) is 18.7. The number of piperazine rings is 1. The van der Waals surface area contributed by atoms with E-state index < -0.39 is 10.0 Å². The zero-order valence-electron chi connectivity index (χ0n) is 15.6. The first kappa shape index (κ1) is 19.3. The molecule has 2 heterocycles. The minimum absolute atomic E-state index is 0.0914. The smallest absolute Gasteiger partial charge is 0.243 e. The first-order chi connectivity index (χ1) is 12.4. The highest BCUT2D eigenvalue weighted by atomic mass is 32.2. The molecule has 0 aliphatic carbocycles. The van der Waals surface area contributed by atoms with Crippen molar-refractivity contribution in [2.24, 2.45) is 0 Å². The van der Waals surface area contributed by atoms with Crippen molar-refractivity contribution in [3.63, 3.8) is 0 Å². The predicted molar refractivity (Wildman–Crippen MR) is 102 cm³/mol. The van der Waals surface area contributed by atoms with Gasteiger partial charge in [0.2, 0.25) is 15.9 Å². The van der Waals surface area contributed by atoms with Gasteiger partial charge in [0.05, 0.1) is 10.9 Å². The van der Waals surface area contributed by atoms with Gasteiger partial charge in [-0.05, 0) is 49.4 Å². The Morgan fingerprint density at radius 1 is 1.19 bits per heavy atom. The topological polar surface area (TPSA) is 69.7 Å². The van der Waals surface area contributed by atoms with Gasteiger partial charge in [-0.25, -0.2) is 8.42 Å². The SMILES string of the molecule is CCC(C)c1ccc(S(=O)(=O)N2CCN(C(=O)C3CCCN3)CC2)cc1. The van der Waals surface area contributed by atoms with Crippen LogP contribution in [0, 0.1) is 0 Å². The van der Waals surface area contributed by atoms with Gasteiger partial charge in [-0.1, -0.05) is 26.0 Å². The van der Waals surface area contributed by atoms with Crippen LogP contribution in [0.1, 0.15) is 44.6 Å². The fourth-order valence-electron chi connectivity index (χ4n) is 3.62. The van der Waals surface area contributed by atoms with Crippen molar-refractivity contribution in [2.45, 2.75) is 50.0 Å². The van der Waals surface area contributed by atoms with E-state index >= 15 is 0 Å². The normalized spacial score (nSPS) is 23.2. The van der Waals surface area contributed by atoms with E-state index in [1.165, 1.54) is 4.31 Å². The maximum absolute atomic E-state index is 12.9. The van der Waals surface area contributed by atoms with Gasteiger partial charge in [0, 0.05) is 26.2 Å². The fraction of sp³-hybridized carbons (Fsp3) is 0.632. The third-order valence-corrected chi connectivity index (χ3v) is 7.52. The zero-order valence-corrected chi connectivity index (χ0v) is 16.5. The summed E-state index contributed by atoms with van der Waals surface area (Å²) in [5.74, 6) is 0.531. The molecule has 26 heavy (non-hydrogen) atoms. The summed E-state index contributed by atoms with van der Waals surface area (Å²) in [5.41, 5.74) is 1.16. The molecule has 1 aromatic rings. The fourth-order valence-corrected chi connectivity index (χ4v) is 5.04. The van der Waals surface area contributed by atoms with Gasteiger partial charge in [-0.3, -0.25) is 4.79 Å².